The molecule has 1 aliphatic heterocycles. The number of amides is 1. The molecule has 0 aromatic carbocycles. The van der Waals surface area contributed by atoms with Gasteiger partial charge in [-0.15, -0.1) is 0 Å². The van der Waals surface area contributed by atoms with E-state index in [1.54, 1.807) is 6.20 Å². The second-order valence-electron chi connectivity index (χ2n) is 5.10. The van der Waals surface area contributed by atoms with E-state index in [0.717, 1.165) is 38.2 Å². The SMILES string of the molecule is CCCN(c1ccnc(C(=O)NCC)c1)C1CCNC1. The Kier molecular flexibility index (Phi) is 5.35. The molecule has 0 spiro atoms. The molecule has 1 amide bonds. The van der Waals surface area contributed by atoms with Gasteiger partial charge in [-0.05, 0) is 38.4 Å². The summed E-state index contributed by atoms with van der Waals surface area (Å²) in [7, 11) is 0. The van der Waals surface area contributed by atoms with Crippen molar-refractivity contribution in [3.63, 3.8) is 0 Å². The lowest BCUT2D eigenvalue weighted by Gasteiger charge is -2.30. The molecule has 1 atom stereocenters. The van der Waals surface area contributed by atoms with Crippen molar-refractivity contribution in [3.05, 3.63) is 24.0 Å². The fourth-order valence-electron chi connectivity index (χ4n) is 2.64. The van der Waals surface area contributed by atoms with Gasteiger partial charge in [0.05, 0.1) is 0 Å². The van der Waals surface area contributed by atoms with Crippen LogP contribution in [0, 0.1) is 0 Å². The summed E-state index contributed by atoms with van der Waals surface area (Å²) in [5.41, 5.74) is 1.59. The molecule has 1 fully saturated rings. The van der Waals surface area contributed by atoms with Crippen molar-refractivity contribution in [2.24, 2.45) is 0 Å². The number of rotatable bonds is 6. The first-order valence-electron chi connectivity index (χ1n) is 7.47. The number of nitrogens with one attached hydrogen (secondary N) is 2. The third kappa shape index (κ3) is 3.48. The van der Waals surface area contributed by atoms with Crippen molar-refractivity contribution in [3.8, 4) is 0 Å². The summed E-state index contributed by atoms with van der Waals surface area (Å²) in [5.74, 6) is -0.102. The molecule has 2 rings (SSSR count). The second-order valence-corrected chi connectivity index (χ2v) is 5.10. The number of pyridine rings is 1. The Balaban J connectivity index is 2.19. The molecule has 5 heteroatoms. The third-order valence-corrected chi connectivity index (χ3v) is 3.58. The molecule has 5 nitrogen and oxygen atoms in total. The van der Waals surface area contributed by atoms with Gasteiger partial charge in [-0.1, -0.05) is 6.92 Å². The lowest BCUT2D eigenvalue weighted by atomic mass is 10.1. The summed E-state index contributed by atoms with van der Waals surface area (Å²) < 4.78 is 0. The van der Waals surface area contributed by atoms with Crippen LogP contribution in [0.15, 0.2) is 18.3 Å². The Bertz CT molecular complexity index is 443. The second kappa shape index (κ2) is 7.24. The predicted octanol–water partition coefficient (Wildman–Crippen LogP) is 1.41. The van der Waals surface area contributed by atoms with Crippen molar-refractivity contribution in [2.45, 2.75) is 32.7 Å². The molecule has 1 aliphatic rings. The minimum atomic E-state index is -0.102. The van der Waals surface area contributed by atoms with Crippen LogP contribution >= 0.6 is 0 Å². The summed E-state index contributed by atoms with van der Waals surface area (Å²) >= 11 is 0. The molecule has 0 aliphatic carbocycles. The number of carbonyl (C=O) groups excluding carboxylic acids is 1. The van der Waals surface area contributed by atoms with E-state index in [0.29, 0.717) is 18.3 Å². The fraction of sp³-hybridized carbons (Fsp3) is 0.600. The van der Waals surface area contributed by atoms with Gasteiger partial charge in [0, 0.05) is 37.6 Å². The van der Waals surface area contributed by atoms with Gasteiger partial charge in [-0.3, -0.25) is 9.78 Å². The summed E-state index contributed by atoms with van der Waals surface area (Å²) in [5, 5.41) is 6.20. The normalized spacial score (nSPS) is 18.0. The highest BCUT2D eigenvalue weighted by molar-refractivity contribution is 5.93. The van der Waals surface area contributed by atoms with Crippen LogP contribution in [0.4, 0.5) is 5.69 Å². The van der Waals surface area contributed by atoms with E-state index in [2.05, 4.69) is 27.4 Å². The highest BCUT2D eigenvalue weighted by Gasteiger charge is 2.22. The van der Waals surface area contributed by atoms with Crippen LogP contribution in [0.25, 0.3) is 0 Å². The van der Waals surface area contributed by atoms with Gasteiger partial charge in [0.25, 0.3) is 5.91 Å². The van der Waals surface area contributed by atoms with E-state index >= 15 is 0 Å². The van der Waals surface area contributed by atoms with Crippen LogP contribution in [0.5, 0.6) is 0 Å². The first kappa shape index (κ1) is 14.8. The van der Waals surface area contributed by atoms with E-state index in [9.17, 15) is 4.79 Å². The number of nitrogens with zero attached hydrogens (tertiary/aromatic N) is 2. The van der Waals surface area contributed by atoms with E-state index in [-0.39, 0.29) is 5.91 Å². The molecule has 2 N–H and O–H groups in total. The van der Waals surface area contributed by atoms with Gasteiger partial charge in [-0.25, -0.2) is 0 Å². The van der Waals surface area contributed by atoms with Crippen molar-refractivity contribution in [1.29, 1.82) is 0 Å². The Hall–Kier alpha value is -1.62. The van der Waals surface area contributed by atoms with Crippen molar-refractivity contribution < 1.29 is 4.79 Å². The number of hydrogen-bond acceptors (Lipinski definition) is 4. The molecule has 1 aromatic rings. The molecule has 1 aromatic heterocycles. The molecule has 1 unspecified atom stereocenters. The number of hydrogen-bond donors (Lipinski definition) is 2. The monoisotopic (exact) mass is 276 g/mol. The summed E-state index contributed by atoms with van der Waals surface area (Å²) in [6, 6.07) is 4.41. The van der Waals surface area contributed by atoms with Crippen molar-refractivity contribution in [2.75, 3.05) is 31.1 Å². The zero-order valence-corrected chi connectivity index (χ0v) is 12.4. The largest absolute Gasteiger partial charge is 0.367 e. The fourth-order valence-corrected chi connectivity index (χ4v) is 2.64. The smallest absolute Gasteiger partial charge is 0.269 e. The van der Waals surface area contributed by atoms with Gasteiger partial charge >= 0.3 is 0 Å². The average Bonchev–Trinajstić information content (AvgIpc) is 2.99. The number of aromatic nitrogens is 1. The summed E-state index contributed by atoms with van der Waals surface area (Å²) in [6.45, 7) is 7.80. The molecule has 0 saturated carbocycles. The summed E-state index contributed by atoms with van der Waals surface area (Å²) in [6.07, 6.45) is 3.97. The molecule has 0 radical (unpaired) electrons. The van der Waals surface area contributed by atoms with E-state index in [1.807, 2.05) is 19.1 Å². The van der Waals surface area contributed by atoms with Crippen LogP contribution in [0.3, 0.4) is 0 Å². The Morgan fingerprint density at radius 1 is 1.55 bits per heavy atom. The maximum absolute atomic E-state index is 11.9. The van der Waals surface area contributed by atoms with Crippen LogP contribution < -0.4 is 15.5 Å². The molecule has 110 valence electrons. The number of carbonyl (C=O) groups is 1. The molecule has 20 heavy (non-hydrogen) atoms. The topological polar surface area (TPSA) is 57.3 Å². The minimum absolute atomic E-state index is 0.102. The number of anilines is 1. The standard InChI is InChI=1S/C15H24N4O/c1-3-9-19(13-5-7-16-11-13)12-6-8-18-14(10-12)15(20)17-4-2/h6,8,10,13,16H,3-5,7,9,11H2,1-2H3,(H,17,20). The first-order chi connectivity index (χ1) is 9.76. The van der Waals surface area contributed by atoms with Gasteiger partial charge in [0.15, 0.2) is 0 Å². The molecule has 2 heterocycles. The quantitative estimate of drug-likeness (QED) is 0.825. The maximum Gasteiger partial charge on any atom is 0.269 e. The van der Waals surface area contributed by atoms with Crippen LogP contribution in [0.1, 0.15) is 37.2 Å². The zero-order chi connectivity index (χ0) is 14.4. The highest BCUT2D eigenvalue weighted by atomic mass is 16.1. The van der Waals surface area contributed by atoms with Crippen molar-refractivity contribution in [1.82, 2.24) is 15.6 Å². The maximum atomic E-state index is 11.9. The van der Waals surface area contributed by atoms with E-state index in [4.69, 9.17) is 0 Å². The molecule has 0 bridgehead atoms. The highest BCUT2D eigenvalue weighted by Crippen LogP contribution is 2.21. The lowest BCUT2D eigenvalue weighted by Crippen LogP contribution is -2.37. The van der Waals surface area contributed by atoms with Crippen molar-refractivity contribution >= 4 is 11.6 Å². The minimum Gasteiger partial charge on any atom is -0.367 e. The Labute approximate surface area is 120 Å². The third-order valence-electron chi connectivity index (χ3n) is 3.58. The Morgan fingerprint density at radius 3 is 3.05 bits per heavy atom. The van der Waals surface area contributed by atoms with Gasteiger partial charge < -0.3 is 15.5 Å². The summed E-state index contributed by atoms with van der Waals surface area (Å²) in [4.78, 5) is 18.5. The lowest BCUT2D eigenvalue weighted by molar-refractivity contribution is 0.0951. The zero-order valence-electron chi connectivity index (χ0n) is 12.4. The average molecular weight is 276 g/mol. The molecular formula is C15H24N4O. The van der Waals surface area contributed by atoms with Gasteiger partial charge in [0.1, 0.15) is 5.69 Å². The van der Waals surface area contributed by atoms with Crippen LogP contribution in [-0.4, -0.2) is 43.1 Å². The molecule has 1 saturated heterocycles. The molecular weight excluding hydrogens is 252 g/mol. The van der Waals surface area contributed by atoms with Gasteiger partial charge in [0.2, 0.25) is 0 Å². The first-order valence-corrected chi connectivity index (χ1v) is 7.47. The van der Waals surface area contributed by atoms with Crippen LogP contribution in [0.2, 0.25) is 0 Å². The van der Waals surface area contributed by atoms with Crippen LogP contribution in [-0.2, 0) is 0 Å². The Morgan fingerprint density at radius 2 is 2.40 bits per heavy atom. The predicted molar refractivity (Wildman–Crippen MR) is 81.2 cm³/mol. The van der Waals surface area contributed by atoms with Gasteiger partial charge in [-0.2, -0.15) is 0 Å². The van der Waals surface area contributed by atoms with E-state index in [1.165, 1.54) is 0 Å². The van der Waals surface area contributed by atoms with E-state index < -0.39 is 0 Å².